The lowest BCUT2D eigenvalue weighted by Gasteiger charge is -2.13. The Morgan fingerprint density at radius 3 is 3.00 bits per heavy atom. The lowest BCUT2D eigenvalue weighted by atomic mass is 9.98. The number of nitrogens with zero attached hydrogens (tertiary/aromatic N) is 1. The first-order valence-electron chi connectivity index (χ1n) is 5.47. The molecular formula is C13H13NOS. The van der Waals surface area contributed by atoms with Gasteiger partial charge < -0.3 is 5.11 Å². The van der Waals surface area contributed by atoms with Gasteiger partial charge in [-0.15, -0.1) is 11.3 Å². The second-order valence-electron chi connectivity index (χ2n) is 4.29. The van der Waals surface area contributed by atoms with Gasteiger partial charge in [-0.2, -0.15) is 0 Å². The van der Waals surface area contributed by atoms with Crippen molar-refractivity contribution in [2.75, 3.05) is 0 Å². The molecule has 0 spiro atoms. The van der Waals surface area contributed by atoms with E-state index in [1.165, 1.54) is 5.56 Å². The zero-order valence-corrected chi connectivity index (χ0v) is 9.65. The molecule has 2 atom stereocenters. The largest absolute Gasteiger partial charge is 0.388 e. The summed E-state index contributed by atoms with van der Waals surface area (Å²) in [7, 11) is 0. The molecule has 82 valence electrons. The van der Waals surface area contributed by atoms with Crippen LogP contribution in [0.25, 0.3) is 0 Å². The van der Waals surface area contributed by atoms with Crippen LogP contribution in [0, 0.1) is 5.92 Å². The maximum atomic E-state index is 10.2. The monoisotopic (exact) mass is 231 g/mol. The average molecular weight is 231 g/mol. The zero-order valence-electron chi connectivity index (χ0n) is 8.84. The molecule has 0 radical (unpaired) electrons. The van der Waals surface area contributed by atoms with Gasteiger partial charge in [-0.25, -0.2) is 4.98 Å². The number of aliphatic hydroxyl groups excluding tert-OH is 1. The summed E-state index contributed by atoms with van der Waals surface area (Å²) in [6.45, 7) is 0. The third-order valence-corrected chi connectivity index (χ3v) is 3.89. The summed E-state index contributed by atoms with van der Waals surface area (Å²) in [5, 5.41) is 12.3. The van der Waals surface area contributed by atoms with Crippen LogP contribution in [0.2, 0.25) is 0 Å². The normalized spacial score (nSPS) is 23.3. The number of fused-ring (bicyclic) bond motifs is 1. The van der Waals surface area contributed by atoms with Crippen LogP contribution in [0.3, 0.4) is 0 Å². The van der Waals surface area contributed by atoms with Crippen LogP contribution >= 0.6 is 11.3 Å². The number of benzene rings is 1. The molecule has 2 aromatic rings. The van der Waals surface area contributed by atoms with Crippen molar-refractivity contribution >= 4 is 11.3 Å². The van der Waals surface area contributed by atoms with Gasteiger partial charge in [0.2, 0.25) is 0 Å². The maximum Gasteiger partial charge on any atom is 0.0827 e. The summed E-state index contributed by atoms with van der Waals surface area (Å²) >= 11 is 1.62. The Morgan fingerprint density at radius 1 is 1.38 bits per heavy atom. The molecule has 1 heterocycles. The van der Waals surface area contributed by atoms with Crippen LogP contribution in [-0.2, 0) is 12.8 Å². The molecule has 16 heavy (non-hydrogen) atoms. The summed E-state index contributed by atoms with van der Waals surface area (Å²) in [4.78, 5) is 4.28. The third-order valence-electron chi connectivity index (χ3n) is 3.26. The van der Waals surface area contributed by atoms with E-state index in [1.807, 2.05) is 23.7 Å². The van der Waals surface area contributed by atoms with Crippen molar-refractivity contribution in [3.63, 3.8) is 0 Å². The van der Waals surface area contributed by atoms with Crippen LogP contribution in [-0.4, -0.2) is 10.1 Å². The van der Waals surface area contributed by atoms with E-state index in [9.17, 15) is 5.11 Å². The van der Waals surface area contributed by atoms with Crippen molar-refractivity contribution in [2.45, 2.75) is 18.9 Å². The van der Waals surface area contributed by atoms with Crippen molar-refractivity contribution in [3.8, 4) is 0 Å². The molecule has 0 aliphatic heterocycles. The van der Waals surface area contributed by atoms with E-state index in [-0.39, 0.29) is 6.10 Å². The van der Waals surface area contributed by atoms with E-state index in [0.717, 1.165) is 24.1 Å². The van der Waals surface area contributed by atoms with Crippen molar-refractivity contribution in [2.24, 2.45) is 5.92 Å². The molecule has 0 saturated heterocycles. The fourth-order valence-electron chi connectivity index (χ4n) is 2.45. The van der Waals surface area contributed by atoms with E-state index in [4.69, 9.17) is 0 Å². The summed E-state index contributed by atoms with van der Waals surface area (Å²) in [5.74, 6) is 0.291. The molecule has 1 aliphatic carbocycles. The van der Waals surface area contributed by atoms with Gasteiger partial charge in [-0.05, 0) is 29.9 Å². The second kappa shape index (κ2) is 4.00. The molecule has 2 nitrogen and oxygen atoms in total. The van der Waals surface area contributed by atoms with Gasteiger partial charge in [-0.3, -0.25) is 0 Å². The van der Waals surface area contributed by atoms with Crippen LogP contribution < -0.4 is 0 Å². The molecule has 0 amide bonds. The Balaban J connectivity index is 1.82. The van der Waals surface area contributed by atoms with Gasteiger partial charge in [0.1, 0.15) is 0 Å². The highest BCUT2D eigenvalue weighted by molar-refractivity contribution is 7.07. The van der Waals surface area contributed by atoms with Crippen molar-refractivity contribution < 1.29 is 5.11 Å². The minimum atomic E-state index is -0.321. The van der Waals surface area contributed by atoms with E-state index < -0.39 is 0 Å². The Morgan fingerprint density at radius 2 is 2.25 bits per heavy atom. The van der Waals surface area contributed by atoms with Crippen LogP contribution in [0.15, 0.2) is 35.2 Å². The maximum absolute atomic E-state index is 10.2. The Bertz CT molecular complexity index is 478. The Kier molecular flexibility index (Phi) is 2.50. The molecule has 3 rings (SSSR count). The summed E-state index contributed by atoms with van der Waals surface area (Å²) in [6.07, 6.45) is 1.52. The van der Waals surface area contributed by atoms with Gasteiger partial charge in [0.25, 0.3) is 0 Å². The molecule has 1 N–H and O–H groups in total. The van der Waals surface area contributed by atoms with Crippen LogP contribution in [0.5, 0.6) is 0 Å². The van der Waals surface area contributed by atoms with Gasteiger partial charge in [0.15, 0.2) is 0 Å². The molecule has 1 aromatic heterocycles. The molecule has 0 saturated carbocycles. The lowest BCUT2D eigenvalue weighted by molar-refractivity contribution is 0.123. The quantitative estimate of drug-likeness (QED) is 0.861. The number of thiazole rings is 1. The first-order chi connectivity index (χ1) is 7.84. The third kappa shape index (κ3) is 1.66. The molecule has 1 aromatic carbocycles. The number of aliphatic hydroxyl groups is 1. The van der Waals surface area contributed by atoms with Crippen molar-refractivity contribution in [1.29, 1.82) is 0 Å². The van der Waals surface area contributed by atoms with Crippen molar-refractivity contribution in [1.82, 2.24) is 4.98 Å². The fraction of sp³-hybridized carbons (Fsp3) is 0.308. The standard InChI is InChI=1S/C13H13NOS/c15-13-10(6-11-7-16-8-14-11)5-9-3-1-2-4-12(9)13/h1-4,7-8,10,13,15H,5-6H2. The minimum Gasteiger partial charge on any atom is -0.388 e. The molecule has 1 aliphatic rings. The Hall–Kier alpha value is -1.19. The highest BCUT2D eigenvalue weighted by atomic mass is 32.1. The van der Waals surface area contributed by atoms with Crippen molar-refractivity contribution in [3.05, 3.63) is 52.0 Å². The summed E-state index contributed by atoms with van der Waals surface area (Å²) < 4.78 is 0. The number of aromatic nitrogens is 1. The highest BCUT2D eigenvalue weighted by Crippen LogP contribution is 2.37. The van der Waals surface area contributed by atoms with E-state index >= 15 is 0 Å². The molecule has 3 heteroatoms. The predicted octanol–water partition coefficient (Wildman–Crippen LogP) is 2.59. The number of hydrogen-bond acceptors (Lipinski definition) is 3. The second-order valence-corrected chi connectivity index (χ2v) is 5.01. The molecule has 0 bridgehead atoms. The smallest absolute Gasteiger partial charge is 0.0827 e. The number of hydrogen-bond donors (Lipinski definition) is 1. The van der Waals surface area contributed by atoms with Gasteiger partial charge in [0.05, 0.1) is 17.3 Å². The minimum absolute atomic E-state index is 0.291. The topological polar surface area (TPSA) is 33.1 Å². The SMILES string of the molecule is OC1c2ccccc2CC1Cc1cscn1. The van der Waals surface area contributed by atoms with Gasteiger partial charge >= 0.3 is 0 Å². The zero-order chi connectivity index (χ0) is 11.0. The molecule has 0 fully saturated rings. The average Bonchev–Trinajstić information content (AvgIpc) is 2.90. The first kappa shape index (κ1) is 10.00. The van der Waals surface area contributed by atoms with Crippen LogP contribution in [0.4, 0.5) is 0 Å². The lowest BCUT2D eigenvalue weighted by Crippen LogP contribution is -2.10. The first-order valence-corrected chi connectivity index (χ1v) is 6.42. The van der Waals surface area contributed by atoms with E-state index in [2.05, 4.69) is 16.4 Å². The Labute approximate surface area is 98.6 Å². The predicted molar refractivity (Wildman–Crippen MR) is 64.4 cm³/mol. The van der Waals surface area contributed by atoms with Gasteiger partial charge in [0, 0.05) is 5.38 Å². The van der Waals surface area contributed by atoms with Crippen LogP contribution in [0.1, 0.15) is 22.9 Å². The highest BCUT2D eigenvalue weighted by Gasteiger charge is 2.30. The van der Waals surface area contributed by atoms with Gasteiger partial charge in [-0.1, -0.05) is 24.3 Å². The fourth-order valence-corrected chi connectivity index (χ4v) is 3.02. The molecular weight excluding hydrogens is 218 g/mol. The van der Waals surface area contributed by atoms with E-state index in [1.54, 1.807) is 11.3 Å². The van der Waals surface area contributed by atoms with E-state index in [0.29, 0.717) is 5.92 Å². The molecule has 2 unspecified atom stereocenters. The summed E-state index contributed by atoms with van der Waals surface area (Å²) in [6, 6.07) is 8.17. The number of rotatable bonds is 2. The summed E-state index contributed by atoms with van der Waals surface area (Å²) in [5.41, 5.74) is 5.34.